The molecule has 0 aliphatic heterocycles. The summed E-state index contributed by atoms with van der Waals surface area (Å²) in [6.45, 7) is 8.15. The second kappa shape index (κ2) is 10.7. The summed E-state index contributed by atoms with van der Waals surface area (Å²) < 4.78 is 12.3. The van der Waals surface area contributed by atoms with E-state index in [1.165, 1.54) is 25.7 Å². The number of alkyl halides is 1. The average Bonchev–Trinajstić information content (AvgIpc) is 2.63. The molecule has 0 spiro atoms. The molecule has 2 rings (SSSR count). The van der Waals surface area contributed by atoms with Crippen LogP contribution in [-0.4, -0.2) is 18.5 Å². The van der Waals surface area contributed by atoms with Gasteiger partial charge in [0.1, 0.15) is 11.5 Å². The van der Waals surface area contributed by atoms with Gasteiger partial charge in [-0.05, 0) is 37.3 Å². The van der Waals surface area contributed by atoms with Crippen molar-refractivity contribution in [1.82, 2.24) is 0 Å². The lowest BCUT2D eigenvalue weighted by Gasteiger charge is -2.19. The second-order valence-electron chi connectivity index (χ2n) is 6.68. The van der Waals surface area contributed by atoms with Crippen LogP contribution in [0.3, 0.4) is 0 Å². The molecule has 0 fully saturated rings. The van der Waals surface area contributed by atoms with Crippen molar-refractivity contribution in [3.8, 4) is 11.5 Å². The van der Waals surface area contributed by atoms with Crippen LogP contribution in [0.1, 0.15) is 51.5 Å². The molecule has 1 atom stereocenters. The van der Waals surface area contributed by atoms with E-state index in [1.54, 1.807) is 0 Å². The zero-order valence-electron chi connectivity index (χ0n) is 15.8. The molecule has 0 saturated heterocycles. The number of ether oxygens (including phenoxy) is 2. The molecule has 0 aromatic heterocycles. The Labute approximate surface area is 161 Å². The van der Waals surface area contributed by atoms with Crippen molar-refractivity contribution < 1.29 is 9.47 Å². The number of fused-ring (bicyclic) bond motifs is 1. The van der Waals surface area contributed by atoms with E-state index in [0.717, 1.165) is 52.8 Å². The van der Waals surface area contributed by atoms with Crippen LogP contribution < -0.4 is 9.47 Å². The van der Waals surface area contributed by atoms with Gasteiger partial charge in [0, 0.05) is 16.1 Å². The third-order valence-corrected chi connectivity index (χ3v) is 5.25. The number of unbranched alkanes of at least 4 members (excludes halogenated alkanes) is 1. The van der Waals surface area contributed by atoms with E-state index < -0.39 is 0 Å². The van der Waals surface area contributed by atoms with Crippen molar-refractivity contribution in [2.24, 2.45) is 5.92 Å². The summed E-state index contributed by atoms with van der Waals surface area (Å²) in [5.41, 5.74) is 1.15. The Morgan fingerprint density at radius 1 is 1.04 bits per heavy atom. The Morgan fingerprint density at radius 2 is 1.80 bits per heavy atom. The molecule has 0 bridgehead atoms. The highest BCUT2D eigenvalue weighted by atomic mass is 79.9. The summed E-state index contributed by atoms with van der Waals surface area (Å²) in [5.74, 6) is 2.60. The average molecular weight is 407 g/mol. The Morgan fingerprint density at radius 3 is 2.48 bits per heavy atom. The standard InChI is InChI=1S/C22H31BrO2/c1-4-6-10-18(5-2)16-25-22-17(3)15-21(24-14-9-13-23)19-11-7-8-12-20(19)22/h7-8,11-12,15,18H,4-6,9-10,13-14,16H2,1-3H3. The molecule has 2 aromatic carbocycles. The molecule has 0 heterocycles. The topological polar surface area (TPSA) is 18.5 Å². The molecule has 1 unspecified atom stereocenters. The lowest BCUT2D eigenvalue weighted by atomic mass is 10.00. The minimum absolute atomic E-state index is 0.632. The maximum atomic E-state index is 6.32. The van der Waals surface area contributed by atoms with Crippen LogP contribution in [0, 0.1) is 12.8 Å². The maximum Gasteiger partial charge on any atom is 0.130 e. The first-order valence-electron chi connectivity index (χ1n) is 9.55. The molecule has 25 heavy (non-hydrogen) atoms. The second-order valence-corrected chi connectivity index (χ2v) is 7.48. The van der Waals surface area contributed by atoms with Crippen LogP contribution in [0.2, 0.25) is 0 Å². The third-order valence-electron chi connectivity index (χ3n) is 4.69. The minimum atomic E-state index is 0.632. The smallest absolute Gasteiger partial charge is 0.130 e. The summed E-state index contributed by atoms with van der Waals surface area (Å²) in [6, 6.07) is 10.5. The van der Waals surface area contributed by atoms with E-state index in [4.69, 9.17) is 9.47 Å². The molecule has 0 saturated carbocycles. The SMILES string of the molecule is CCCCC(CC)COc1c(C)cc(OCCCBr)c2ccccc12. The molecular weight excluding hydrogens is 376 g/mol. The van der Waals surface area contributed by atoms with Gasteiger partial charge >= 0.3 is 0 Å². The first kappa shape index (κ1) is 20.1. The summed E-state index contributed by atoms with van der Waals surface area (Å²) in [4.78, 5) is 0. The third kappa shape index (κ3) is 5.64. The van der Waals surface area contributed by atoms with Crippen molar-refractivity contribution in [3.05, 3.63) is 35.9 Å². The quantitative estimate of drug-likeness (QED) is 0.298. The van der Waals surface area contributed by atoms with Gasteiger partial charge in [0.15, 0.2) is 0 Å². The van der Waals surface area contributed by atoms with Gasteiger partial charge in [-0.2, -0.15) is 0 Å². The fraction of sp³-hybridized carbons (Fsp3) is 0.545. The van der Waals surface area contributed by atoms with Crippen molar-refractivity contribution >= 4 is 26.7 Å². The zero-order valence-corrected chi connectivity index (χ0v) is 17.4. The first-order chi connectivity index (χ1) is 12.2. The molecule has 0 aliphatic carbocycles. The van der Waals surface area contributed by atoms with E-state index in [1.807, 2.05) is 0 Å². The van der Waals surface area contributed by atoms with Crippen molar-refractivity contribution in [1.29, 1.82) is 0 Å². The Kier molecular flexibility index (Phi) is 8.60. The monoisotopic (exact) mass is 406 g/mol. The molecule has 3 heteroatoms. The molecule has 2 aromatic rings. The number of benzene rings is 2. The first-order valence-corrected chi connectivity index (χ1v) is 10.7. The van der Waals surface area contributed by atoms with Crippen LogP contribution in [0.5, 0.6) is 11.5 Å². The van der Waals surface area contributed by atoms with Gasteiger partial charge < -0.3 is 9.47 Å². The van der Waals surface area contributed by atoms with E-state index in [2.05, 4.69) is 67.0 Å². The highest BCUT2D eigenvalue weighted by Crippen LogP contribution is 2.37. The summed E-state index contributed by atoms with van der Waals surface area (Å²) >= 11 is 3.46. The lowest BCUT2D eigenvalue weighted by molar-refractivity contribution is 0.234. The number of aryl methyl sites for hydroxylation is 1. The van der Waals surface area contributed by atoms with Crippen molar-refractivity contribution in [2.45, 2.75) is 52.9 Å². The Balaban J connectivity index is 2.22. The van der Waals surface area contributed by atoms with Gasteiger partial charge in [0.05, 0.1) is 13.2 Å². The predicted octanol–water partition coefficient (Wildman–Crippen LogP) is 6.91. The summed E-state index contributed by atoms with van der Waals surface area (Å²) in [5, 5.41) is 3.25. The molecule has 0 N–H and O–H groups in total. The van der Waals surface area contributed by atoms with E-state index in [9.17, 15) is 0 Å². The summed E-state index contributed by atoms with van der Waals surface area (Å²) in [6.07, 6.45) is 5.95. The largest absolute Gasteiger partial charge is 0.493 e. The zero-order chi connectivity index (χ0) is 18.1. The van der Waals surface area contributed by atoms with E-state index in [-0.39, 0.29) is 0 Å². The lowest BCUT2D eigenvalue weighted by Crippen LogP contribution is -2.12. The van der Waals surface area contributed by atoms with Crippen LogP contribution in [0.4, 0.5) is 0 Å². The molecule has 2 nitrogen and oxygen atoms in total. The molecule has 0 amide bonds. The van der Waals surface area contributed by atoms with Gasteiger partial charge in [-0.3, -0.25) is 0 Å². The fourth-order valence-electron chi connectivity index (χ4n) is 3.10. The van der Waals surface area contributed by atoms with E-state index >= 15 is 0 Å². The van der Waals surface area contributed by atoms with Crippen LogP contribution >= 0.6 is 15.9 Å². The van der Waals surface area contributed by atoms with Gasteiger partial charge in [0.25, 0.3) is 0 Å². The Hall–Kier alpha value is -1.22. The normalized spacial score (nSPS) is 12.3. The van der Waals surface area contributed by atoms with Crippen LogP contribution in [-0.2, 0) is 0 Å². The molecule has 0 radical (unpaired) electrons. The van der Waals surface area contributed by atoms with Crippen molar-refractivity contribution in [2.75, 3.05) is 18.5 Å². The van der Waals surface area contributed by atoms with Gasteiger partial charge in [-0.1, -0.05) is 73.3 Å². The predicted molar refractivity (Wildman–Crippen MR) is 111 cm³/mol. The van der Waals surface area contributed by atoms with E-state index in [0.29, 0.717) is 5.92 Å². The highest BCUT2D eigenvalue weighted by molar-refractivity contribution is 9.09. The van der Waals surface area contributed by atoms with Gasteiger partial charge in [-0.15, -0.1) is 0 Å². The number of hydrogen-bond donors (Lipinski definition) is 0. The Bertz CT molecular complexity index is 654. The van der Waals surface area contributed by atoms with Crippen LogP contribution in [0.25, 0.3) is 10.8 Å². The molecule has 138 valence electrons. The number of hydrogen-bond acceptors (Lipinski definition) is 2. The summed E-state index contributed by atoms with van der Waals surface area (Å²) in [7, 11) is 0. The molecule has 0 aliphatic rings. The number of halogens is 1. The highest BCUT2D eigenvalue weighted by Gasteiger charge is 2.14. The van der Waals surface area contributed by atoms with Gasteiger partial charge in [-0.25, -0.2) is 0 Å². The van der Waals surface area contributed by atoms with Crippen molar-refractivity contribution in [3.63, 3.8) is 0 Å². The minimum Gasteiger partial charge on any atom is -0.493 e. The fourth-order valence-corrected chi connectivity index (χ4v) is 3.32. The van der Waals surface area contributed by atoms with Crippen LogP contribution in [0.15, 0.2) is 30.3 Å². The van der Waals surface area contributed by atoms with Gasteiger partial charge in [0.2, 0.25) is 0 Å². The number of rotatable bonds is 11. The molecular formula is C22H31BrO2. The maximum absolute atomic E-state index is 6.32.